The fraction of sp³-hybridized carbons (Fsp3) is 0.462. The van der Waals surface area contributed by atoms with Gasteiger partial charge in [0.15, 0.2) is 0 Å². The van der Waals surface area contributed by atoms with Crippen LogP contribution in [0.4, 0.5) is 30.7 Å². The van der Waals surface area contributed by atoms with Crippen molar-refractivity contribution in [1.29, 1.82) is 0 Å². The van der Waals surface area contributed by atoms with Crippen LogP contribution < -0.4 is 4.74 Å². The van der Waals surface area contributed by atoms with Crippen molar-refractivity contribution in [3.05, 3.63) is 53.1 Å². The Labute approximate surface area is 193 Å². The van der Waals surface area contributed by atoms with Gasteiger partial charge < -0.3 is 4.74 Å². The second-order valence-electron chi connectivity index (χ2n) is 8.96. The van der Waals surface area contributed by atoms with Gasteiger partial charge in [0, 0.05) is 16.9 Å². The Morgan fingerprint density at radius 3 is 2.26 bits per heavy atom. The molecule has 0 heterocycles. The van der Waals surface area contributed by atoms with Crippen LogP contribution in [0.3, 0.4) is 0 Å². The van der Waals surface area contributed by atoms with Crippen LogP contribution in [0.1, 0.15) is 56.9 Å². The van der Waals surface area contributed by atoms with Gasteiger partial charge in [-0.25, -0.2) is 8.78 Å². The van der Waals surface area contributed by atoms with E-state index in [1.54, 1.807) is 6.08 Å². The first-order valence-electron chi connectivity index (χ1n) is 11.3. The summed E-state index contributed by atoms with van der Waals surface area (Å²) >= 11 is 0. The van der Waals surface area contributed by atoms with Gasteiger partial charge >= 0.3 is 12.3 Å². The lowest BCUT2D eigenvalue weighted by Crippen LogP contribution is -2.30. The molecule has 1 nitrogen and oxygen atoms in total. The third-order valence-electron chi connectivity index (χ3n) is 6.72. The Balaban J connectivity index is 1.52. The zero-order valence-corrected chi connectivity index (χ0v) is 18.3. The van der Waals surface area contributed by atoms with Gasteiger partial charge in [-0.2, -0.15) is 22.0 Å². The standard InChI is InChI=1S/C26H23F7O/c27-23-15-18-14-20(10-11-21(18)24(28)22(23)12-13-25(29,30)31)34-26(32,33)19-8-6-17(7-9-19)16-4-2-1-3-5-16/h8,10-11,14-17H,1-7,9H2. The van der Waals surface area contributed by atoms with Crippen molar-refractivity contribution in [2.24, 2.45) is 11.8 Å². The number of rotatable bonds is 4. The molecule has 0 aliphatic heterocycles. The largest absolute Gasteiger partial charge is 0.458 e. The molecule has 1 atom stereocenters. The van der Waals surface area contributed by atoms with E-state index in [0.29, 0.717) is 24.7 Å². The highest BCUT2D eigenvalue weighted by Crippen LogP contribution is 2.42. The van der Waals surface area contributed by atoms with E-state index in [0.717, 1.165) is 43.0 Å². The van der Waals surface area contributed by atoms with Crippen LogP contribution in [0.5, 0.6) is 5.75 Å². The van der Waals surface area contributed by atoms with Gasteiger partial charge in [0.05, 0.1) is 5.56 Å². The molecule has 2 aromatic carbocycles. The summed E-state index contributed by atoms with van der Waals surface area (Å²) in [4.78, 5) is 0. The number of hydrogen-bond donors (Lipinski definition) is 0. The highest BCUT2D eigenvalue weighted by molar-refractivity contribution is 5.86. The lowest BCUT2D eigenvalue weighted by Gasteiger charge is -2.33. The monoisotopic (exact) mass is 484 g/mol. The molecule has 0 bridgehead atoms. The van der Waals surface area contributed by atoms with E-state index in [4.69, 9.17) is 4.74 Å². The van der Waals surface area contributed by atoms with Gasteiger partial charge in [-0.05, 0) is 60.7 Å². The number of ether oxygens (including phenoxy) is 1. The lowest BCUT2D eigenvalue weighted by atomic mass is 9.74. The number of benzene rings is 2. The van der Waals surface area contributed by atoms with E-state index in [9.17, 15) is 30.7 Å². The van der Waals surface area contributed by atoms with Crippen molar-refractivity contribution in [2.75, 3.05) is 0 Å². The molecule has 1 saturated carbocycles. The zero-order valence-electron chi connectivity index (χ0n) is 18.3. The van der Waals surface area contributed by atoms with E-state index in [1.807, 2.05) is 0 Å². The molecule has 2 aliphatic rings. The van der Waals surface area contributed by atoms with Gasteiger partial charge in [0.2, 0.25) is 0 Å². The molecule has 0 N–H and O–H groups in total. The van der Waals surface area contributed by atoms with Crippen molar-refractivity contribution < 1.29 is 35.5 Å². The molecular weight excluding hydrogens is 461 g/mol. The number of fused-ring (bicyclic) bond motifs is 1. The van der Waals surface area contributed by atoms with Crippen molar-refractivity contribution in [3.63, 3.8) is 0 Å². The van der Waals surface area contributed by atoms with Gasteiger partial charge in [0.1, 0.15) is 17.4 Å². The third kappa shape index (κ3) is 5.51. The predicted octanol–water partition coefficient (Wildman–Crippen LogP) is 8.31. The van der Waals surface area contributed by atoms with Crippen LogP contribution in [0.2, 0.25) is 0 Å². The molecule has 0 amide bonds. The van der Waals surface area contributed by atoms with Crippen molar-refractivity contribution in [1.82, 2.24) is 0 Å². The lowest BCUT2D eigenvalue weighted by molar-refractivity contribution is -0.145. The maximum Gasteiger partial charge on any atom is 0.458 e. The maximum absolute atomic E-state index is 14.8. The number of hydrogen-bond acceptors (Lipinski definition) is 1. The Bertz CT molecular complexity index is 1150. The van der Waals surface area contributed by atoms with Gasteiger partial charge in [0.25, 0.3) is 0 Å². The van der Waals surface area contributed by atoms with Gasteiger partial charge in [-0.1, -0.05) is 44.1 Å². The molecule has 182 valence electrons. The zero-order chi connectivity index (χ0) is 24.5. The van der Waals surface area contributed by atoms with E-state index in [1.165, 1.54) is 25.2 Å². The molecule has 0 aromatic heterocycles. The second-order valence-corrected chi connectivity index (χ2v) is 8.96. The fourth-order valence-electron chi connectivity index (χ4n) is 4.99. The number of allylic oxidation sites excluding steroid dienone is 1. The summed E-state index contributed by atoms with van der Waals surface area (Å²) in [7, 11) is 0. The first-order chi connectivity index (χ1) is 16.0. The molecule has 1 unspecified atom stereocenters. The van der Waals surface area contributed by atoms with E-state index in [2.05, 4.69) is 0 Å². The average molecular weight is 484 g/mol. The van der Waals surface area contributed by atoms with Crippen LogP contribution in [0.15, 0.2) is 35.9 Å². The summed E-state index contributed by atoms with van der Waals surface area (Å²) in [6.45, 7) is 0. The molecule has 4 rings (SSSR count). The summed E-state index contributed by atoms with van der Waals surface area (Å²) < 4.78 is 100. The maximum atomic E-state index is 14.8. The minimum Gasteiger partial charge on any atom is -0.429 e. The highest BCUT2D eigenvalue weighted by Gasteiger charge is 2.39. The van der Waals surface area contributed by atoms with Crippen LogP contribution in [0, 0.1) is 35.3 Å². The second kappa shape index (κ2) is 9.52. The van der Waals surface area contributed by atoms with Crippen molar-refractivity contribution >= 4 is 10.8 Å². The molecular formula is C26H23F7O. The smallest absolute Gasteiger partial charge is 0.429 e. The highest BCUT2D eigenvalue weighted by atomic mass is 19.4. The Morgan fingerprint density at radius 1 is 0.882 bits per heavy atom. The van der Waals surface area contributed by atoms with Crippen molar-refractivity contribution in [2.45, 2.75) is 63.7 Å². The summed E-state index contributed by atoms with van der Waals surface area (Å²) in [5.41, 5.74) is -1.15. The van der Waals surface area contributed by atoms with Crippen LogP contribution >= 0.6 is 0 Å². The fourth-order valence-corrected chi connectivity index (χ4v) is 4.99. The normalized spacial score (nSPS) is 20.0. The Kier molecular flexibility index (Phi) is 6.84. The summed E-state index contributed by atoms with van der Waals surface area (Å²) in [6.07, 6.45) is 0.428. The SMILES string of the molecule is Fc1cc2cc(OC(F)(F)C3=CCC(C4CCCCC4)CC3)ccc2c(F)c1C#CC(F)(F)F. The molecule has 1 fully saturated rings. The molecule has 2 aliphatic carbocycles. The van der Waals surface area contributed by atoms with Gasteiger partial charge in [-0.3, -0.25) is 0 Å². The first kappa shape index (κ1) is 24.4. The number of alkyl halides is 5. The van der Waals surface area contributed by atoms with Gasteiger partial charge in [-0.15, -0.1) is 0 Å². The van der Waals surface area contributed by atoms with E-state index < -0.39 is 29.5 Å². The molecule has 8 heteroatoms. The molecule has 0 spiro atoms. The molecule has 0 radical (unpaired) electrons. The average Bonchev–Trinajstić information content (AvgIpc) is 2.78. The minimum atomic E-state index is -4.92. The quantitative estimate of drug-likeness (QED) is 0.241. The van der Waals surface area contributed by atoms with E-state index in [-0.39, 0.29) is 28.5 Å². The third-order valence-corrected chi connectivity index (χ3v) is 6.72. The first-order valence-corrected chi connectivity index (χ1v) is 11.3. The summed E-state index contributed by atoms with van der Waals surface area (Å²) in [5, 5.41) is -0.383. The topological polar surface area (TPSA) is 9.23 Å². The Morgan fingerprint density at radius 2 is 1.62 bits per heavy atom. The summed E-state index contributed by atoms with van der Waals surface area (Å²) in [6, 6.07) is 3.91. The summed E-state index contributed by atoms with van der Waals surface area (Å²) in [5.74, 6) is 0.337. The molecule has 34 heavy (non-hydrogen) atoms. The van der Waals surface area contributed by atoms with Crippen LogP contribution in [-0.4, -0.2) is 12.3 Å². The molecule has 0 saturated heterocycles. The predicted molar refractivity (Wildman–Crippen MR) is 114 cm³/mol. The van der Waals surface area contributed by atoms with E-state index >= 15 is 0 Å². The number of halogens is 7. The van der Waals surface area contributed by atoms with Crippen LogP contribution in [-0.2, 0) is 0 Å². The Hall–Kier alpha value is -2.69. The minimum absolute atomic E-state index is 0.116. The molecule has 2 aromatic rings. The van der Waals surface area contributed by atoms with Crippen molar-refractivity contribution in [3.8, 4) is 17.6 Å². The van der Waals surface area contributed by atoms with Crippen LogP contribution in [0.25, 0.3) is 10.8 Å².